The minimum absolute atomic E-state index is 0.208. The van der Waals surface area contributed by atoms with Gasteiger partial charge in [-0.05, 0) is 56.7 Å². The first kappa shape index (κ1) is 20.1. The second kappa shape index (κ2) is 8.03. The number of nitrogens with zero attached hydrogens (tertiary/aromatic N) is 3. The Morgan fingerprint density at radius 2 is 1.75 bits per heavy atom. The molecule has 1 aromatic heterocycles. The molecule has 32 heavy (non-hydrogen) atoms. The van der Waals surface area contributed by atoms with E-state index >= 15 is 0 Å². The van der Waals surface area contributed by atoms with E-state index in [4.69, 9.17) is 9.47 Å². The molecule has 0 aliphatic carbocycles. The maximum atomic E-state index is 13.0. The summed E-state index contributed by atoms with van der Waals surface area (Å²) in [6.07, 6.45) is 2.24. The normalized spacial score (nSPS) is 17.5. The van der Waals surface area contributed by atoms with Crippen LogP contribution in [0.5, 0.6) is 11.5 Å². The van der Waals surface area contributed by atoms with E-state index in [2.05, 4.69) is 10.3 Å². The SMILES string of the molecule is Cc1ncn(-c2ccc(NC(=O)C3CCN(c4ccc5c(c4)OCCO5)C3=O)cc2)c1C. The number of ether oxygens (including phenoxy) is 2. The molecular weight excluding hydrogens is 408 g/mol. The van der Waals surface area contributed by atoms with Crippen molar-refractivity contribution in [3.05, 3.63) is 60.2 Å². The molecule has 3 heterocycles. The highest BCUT2D eigenvalue weighted by Gasteiger charge is 2.38. The summed E-state index contributed by atoms with van der Waals surface area (Å²) in [6.45, 7) is 5.45. The van der Waals surface area contributed by atoms with Gasteiger partial charge in [0, 0.05) is 35.4 Å². The maximum absolute atomic E-state index is 13.0. The Morgan fingerprint density at radius 3 is 2.47 bits per heavy atom. The number of hydrogen-bond acceptors (Lipinski definition) is 5. The van der Waals surface area contributed by atoms with Gasteiger partial charge in [0.1, 0.15) is 19.1 Å². The van der Waals surface area contributed by atoms with E-state index in [-0.39, 0.29) is 11.8 Å². The number of carbonyl (C=O) groups excluding carboxylic acids is 2. The third-order valence-corrected chi connectivity index (χ3v) is 6.02. The number of carbonyl (C=O) groups is 2. The summed E-state index contributed by atoms with van der Waals surface area (Å²) in [5.74, 6) is 0.0717. The molecular formula is C24H24N4O4. The highest BCUT2D eigenvalue weighted by molar-refractivity contribution is 6.13. The molecule has 2 aromatic carbocycles. The molecule has 8 heteroatoms. The van der Waals surface area contributed by atoms with Gasteiger partial charge in [0.25, 0.3) is 0 Å². The second-order valence-corrected chi connectivity index (χ2v) is 7.98. The zero-order valence-electron chi connectivity index (χ0n) is 18.0. The van der Waals surface area contributed by atoms with Gasteiger partial charge in [-0.3, -0.25) is 9.59 Å². The minimum Gasteiger partial charge on any atom is -0.486 e. The van der Waals surface area contributed by atoms with Gasteiger partial charge in [0.2, 0.25) is 11.8 Å². The van der Waals surface area contributed by atoms with Crippen LogP contribution in [0.1, 0.15) is 17.8 Å². The van der Waals surface area contributed by atoms with E-state index < -0.39 is 5.92 Å². The Hall–Kier alpha value is -3.81. The van der Waals surface area contributed by atoms with Gasteiger partial charge >= 0.3 is 0 Å². The molecule has 2 aliphatic rings. The van der Waals surface area contributed by atoms with Crippen molar-refractivity contribution >= 4 is 23.2 Å². The highest BCUT2D eigenvalue weighted by atomic mass is 16.6. The molecule has 3 aromatic rings. The van der Waals surface area contributed by atoms with E-state index in [1.807, 2.05) is 48.7 Å². The quantitative estimate of drug-likeness (QED) is 0.640. The van der Waals surface area contributed by atoms with Gasteiger partial charge < -0.3 is 24.3 Å². The summed E-state index contributed by atoms with van der Waals surface area (Å²) in [7, 11) is 0. The number of aryl methyl sites for hydroxylation is 1. The van der Waals surface area contributed by atoms with E-state index in [9.17, 15) is 9.59 Å². The fourth-order valence-electron chi connectivity index (χ4n) is 4.07. The van der Waals surface area contributed by atoms with Crippen molar-refractivity contribution in [2.24, 2.45) is 5.92 Å². The lowest BCUT2D eigenvalue weighted by atomic mass is 10.1. The molecule has 5 rings (SSSR count). The lowest BCUT2D eigenvalue weighted by molar-refractivity contribution is -0.129. The van der Waals surface area contributed by atoms with Crippen LogP contribution in [-0.4, -0.2) is 41.1 Å². The Balaban J connectivity index is 1.26. The number of aromatic nitrogens is 2. The molecule has 164 valence electrons. The van der Waals surface area contributed by atoms with Crippen LogP contribution in [0.3, 0.4) is 0 Å². The summed E-state index contributed by atoms with van der Waals surface area (Å²) < 4.78 is 13.1. The fraction of sp³-hybridized carbons (Fsp3) is 0.292. The van der Waals surface area contributed by atoms with Crippen LogP contribution in [0.4, 0.5) is 11.4 Å². The molecule has 0 spiro atoms. The Labute approximate surface area is 185 Å². The predicted octanol–water partition coefficient (Wildman–Crippen LogP) is 3.25. The first-order valence-corrected chi connectivity index (χ1v) is 10.6. The third-order valence-electron chi connectivity index (χ3n) is 6.02. The smallest absolute Gasteiger partial charge is 0.239 e. The van der Waals surface area contributed by atoms with Gasteiger partial charge in [-0.15, -0.1) is 0 Å². The van der Waals surface area contributed by atoms with Gasteiger partial charge in [-0.1, -0.05) is 0 Å². The molecule has 2 aliphatic heterocycles. The molecule has 8 nitrogen and oxygen atoms in total. The molecule has 1 saturated heterocycles. The standard InChI is InChI=1S/C24H24N4O4/c1-15-16(2)28(14-25-15)18-5-3-17(4-6-18)26-23(29)20-9-10-27(24(20)30)19-7-8-21-22(13-19)32-12-11-31-21/h3-8,13-14,20H,9-12H2,1-2H3,(H,26,29). The number of hydrogen-bond donors (Lipinski definition) is 1. The van der Waals surface area contributed by atoms with Crippen molar-refractivity contribution in [1.29, 1.82) is 0 Å². The molecule has 0 radical (unpaired) electrons. The number of benzene rings is 2. The highest BCUT2D eigenvalue weighted by Crippen LogP contribution is 2.36. The van der Waals surface area contributed by atoms with E-state index in [1.54, 1.807) is 23.4 Å². The topological polar surface area (TPSA) is 85.7 Å². The van der Waals surface area contributed by atoms with Crippen LogP contribution in [0.25, 0.3) is 5.69 Å². The Morgan fingerprint density at radius 1 is 1.03 bits per heavy atom. The Kier molecular flexibility index (Phi) is 5.05. The van der Waals surface area contributed by atoms with Gasteiger partial charge in [0.15, 0.2) is 11.5 Å². The average molecular weight is 432 g/mol. The maximum Gasteiger partial charge on any atom is 0.239 e. The fourth-order valence-corrected chi connectivity index (χ4v) is 4.07. The van der Waals surface area contributed by atoms with Crippen LogP contribution >= 0.6 is 0 Å². The minimum atomic E-state index is -0.721. The first-order valence-electron chi connectivity index (χ1n) is 10.6. The van der Waals surface area contributed by atoms with Gasteiger partial charge in [0.05, 0.1) is 12.0 Å². The van der Waals surface area contributed by atoms with Gasteiger partial charge in [-0.25, -0.2) is 4.98 Å². The lowest BCUT2D eigenvalue weighted by Gasteiger charge is -2.22. The van der Waals surface area contributed by atoms with Crippen molar-refractivity contribution in [2.45, 2.75) is 20.3 Å². The van der Waals surface area contributed by atoms with Crippen molar-refractivity contribution in [3.8, 4) is 17.2 Å². The Bertz CT molecular complexity index is 1190. The first-order chi connectivity index (χ1) is 15.5. The predicted molar refractivity (Wildman–Crippen MR) is 120 cm³/mol. The van der Waals surface area contributed by atoms with E-state index in [0.717, 1.165) is 17.1 Å². The molecule has 1 atom stereocenters. The van der Waals surface area contributed by atoms with Crippen molar-refractivity contribution in [3.63, 3.8) is 0 Å². The van der Waals surface area contributed by atoms with E-state index in [1.165, 1.54) is 0 Å². The summed E-state index contributed by atoms with van der Waals surface area (Å²) in [4.78, 5) is 31.7. The molecule has 0 saturated carbocycles. The largest absolute Gasteiger partial charge is 0.486 e. The average Bonchev–Trinajstić information content (AvgIpc) is 3.36. The lowest BCUT2D eigenvalue weighted by Crippen LogP contribution is -2.33. The summed E-state index contributed by atoms with van der Waals surface area (Å²) in [5.41, 5.74) is 4.37. The van der Waals surface area contributed by atoms with Crippen LogP contribution in [0.15, 0.2) is 48.8 Å². The number of amides is 2. The number of rotatable bonds is 4. The summed E-state index contributed by atoms with van der Waals surface area (Å²) in [6, 6.07) is 12.9. The zero-order valence-corrected chi connectivity index (χ0v) is 18.0. The zero-order chi connectivity index (χ0) is 22.2. The molecule has 2 amide bonds. The number of anilines is 2. The molecule has 1 fully saturated rings. The summed E-state index contributed by atoms with van der Waals surface area (Å²) in [5, 5.41) is 2.88. The van der Waals surface area contributed by atoms with Crippen LogP contribution < -0.4 is 19.7 Å². The number of nitrogens with one attached hydrogen (secondary N) is 1. The van der Waals surface area contributed by atoms with Crippen molar-refractivity contribution in [2.75, 3.05) is 30.0 Å². The second-order valence-electron chi connectivity index (χ2n) is 7.98. The molecule has 0 bridgehead atoms. The van der Waals surface area contributed by atoms with Crippen molar-refractivity contribution < 1.29 is 19.1 Å². The van der Waals surface area contributed by atoms with Gasteiger partial charge in [-0.2, -0.15) is 0 Å². The third kappa shape index (κ3) is 3.57. The molecule has 1 unspecified atom stereocenters. The number of imidazole rings is 1. The van der Waals surface area contributed by atoms with Crippen LogP contribution in [0, 0.1) is 19.8 Å². The monoisotopic (exact) mass is 432 g/mol. The van der Waals surface area contributed by atoms with E-state index in [0.29, 0.717) is 49.1 Å². The number of fused-ring (bicyclic) bond motifs is 1. The summed E-state index contributed by atoms with van der Waals surface area (Å²) >= 11 is 0. The van der Waals surface area contributed by atoms with Crippen LogP contribution in [0.2, 0.25) is 0 Å². The van der Waals surface area contributed by atoms with Crippen LogP contribution in [-0.2, 0) is 9.59 Å². The molecule has 1 N–H and O–H groups in total. The van der Waals surface area contributed by atoms with Crippen molar-refractivity contribution in [1.82, 2.24) is 9.55 Å².